The molecule has 0 bridgehead atoms. The first kappa shape index (κ1) is 12.9. The molecule has 1 aromatic rings. The highest BCUT2D eigenvalue weighted by atomic mass is 32.1. The van der Waals surface area contributed by atoms with E-state index in [1.165, 1.54) is 32.0 Å². The van der Waals surface area contributed by atoms with E-state index >= 15 is 0 Å². The molecule has 4 heterocycles. The number of hydrogen-bond acceptors (Lipinski definition) is 4. The summed E-state index contributed by atoms with van der Waals surface area (Å²) in [5, 5.41) is 3.73. The average Bonchev–Trinajstić information content (AvgIpc) is 3.17. The summed E-state index contributed by atoms with van der Waals surface area (Å²) >= 11 is 1.91. The molecule has 0 radical (unpaired) electrons. The maximum atomic E-state index is 7.68. The first-order chi connectivity index (χ1) is 13.3. The number of allylic oxidation sites excluding steroid dienone is 2. The van der Waals surface area contributed by atoms with Crippen molar-refractivity contribution in [2.24, 2.45) is 10.9 Å². The van der Waals surface area contributed by atoms with Gasteiger partial charge in [0, 0.05) is 38.1 Å². The van der Waals surface area contributed by atoms with Crippen LogP contribution < -0.4 is 5.32 Å². The van der Waals surface area contributed by atoms with Crippen LogP contribution in [0.25, 0.3) is 0 Å². The van der Waals surface area contributed by atoms with Gasteiger partial charge in [-0.1, -0.05) is 6.08 Å². The Balaban J connectivity index is 1.47. The second-order valence-electron chi connectivity index (χ2n) is 7.60. The van der Waals surface area contributed by atoms with Crippen molar-refractivity contribution in [1.29, 1.82) is 0 Å². The van der Waals surface area contributed by atoms with E-state index in [9.17, 15) is 0 Å². The SMILES string of the molecule is [2H]C([2H])([2H])C1=NC2OC3=C([C@H]4Cc5c(sc(C)c5C)CN4)CCC=C3C2CC1. The second kappa shape index (κ2) is 5.82. The number of aryl methyl sites for hydroxylation is 1. The Hall–Kier alpha value is -1.39. The summed E-state index contributed by atoms with van der Waals surface area (Å²) in [7, 11) is 0. The van der Waals surface area contributed by atoms with Crippen LogP contribution in [0.5, 0.6) is 0 Å². The summed E-state index contributed by atoms with van der Waals surface area (Å²) < 4.78 is 29.4. The van der Waals surface area contributed by atoms with E-state index in [1.54, 1.807) is 0 Å². The molecule has 1 N–H and O–H groups in total. The third-order valence-corrected chi connectivity index (χ3v) is 7.47. The summed E-state index contributed by atoms with van der Waals surface area (Å²) in [6.45, 7) is 3.26. The van der Waals surface area contributed by atoms with Gasteiger partial charge >= 0.3 is 0 Å². The van der Waals surface area contributed by atoms with Crippen molar-refractivity contribution in [2.45, 2.75) is 71.6 Å². The van der Waals surface area contributed by atoms with Crippen LogP contribution in [0.2, 0.25) is 0 Å². The lowest BCUT2D eigenvalue weighted by atomic mass is 9.82. The van der Waals surface area contributed by atoms with Crippen molar-refractivity contribution in [3.05, 3.63) is 43.9 Å². The number of thiophene rings is 1. The van der Waals surface area contributed by atoms with E-state index in [0.717, 1.165) is 38.0 Å². The van der Waals surface area contributed by atoms with E-state index < -0.39 is 6.85 Å². The number of fused-ring (bicyclic) bond motifs is 4. The number of ether oxygens (including phenoxy) is 1. The summed E-state index contributed by atoms with van der Waals surface area (Å²) in [5.74, 6) is 1.21. The molecular weight excluding hydrogens is 328 g/mol. The molecule has 5 rings (SSSR count). The van der Waals surface area contributed by atoms with Gasteiger partial charge in [-0.25, -0.2) is 0 Å². The van der Waals surface area contributed by atoms with E-state index in [4.69, 9.17) is 8.85 Å². The molecule has 4 heteroatoms. The van der Waals surface area contributed by atoms with Crippen LogP contribution in [-0.4, -0.2) is 18.0 Å². The van der Waals surface area contributed by atoms with Crippen molar-refractivity contribution in [2.75, 3.05) is 0 Å². The van der Waals surface area contributed by atoms with E-state index in [1.807, 2.05) is 11.3 Å². The zero-order valence-electron chi connectivity index (χ0n) is 17.8. The third-order valence-electron chi connectivity index (χ3n) is 6.22. The Bertz CT molecular complexity index is 925. The van der Waals surface area contributed by atoms with Gasteiger partial charge in [-0.2, -0.15) is 0 Å². The number of aliphatic imine (C=N–C) groups is 1. The minimum atomic E-state index is -2.11. The second-order valence-corrected chi connectivity index (χ2v) is 8.91. The van der Waals surface area contributed by atoms with Crippen molar-refractivity contribution in [1.82, 2.24) is 5.32 Å². The van der Waals surface area contributed by atoms with E-state index in [0.29, 0.717) is 18.2 Å². The first-order valence-electron chi connectivity index (χ1n) is 10.8. The number of nitrogens with zero attached hydrogens (tertiary/aromatic N) is 1. The Kier molecular flexibility index (Phi) is 3.00. The van der Waals surface area contributed by atoms with Crippen LogP contribution in [0.3, 0.4) is 0 Å². The number of rotatable bonds is 1. The van der Waals surface area contributed by atoms with Crippen LogP contribution in [0, 0.1) is 19.8 Å². The van der Waals surface area contributed by atoms with Gasteiger partial charge in [0.2, 0.25) is 0 Å². The highest BCUT2D eigenvalue weighted by Crippen LogP contribution is 2.46. The number of hydrogen-bond donors (Lipinski definition) is 1. The van der Waals surface area contributed by atoms with Gasteiger partial charge in [0.25, 0.3) is 0 Å². The van der Waals surface area contributed by atoms with E-state index in [-0.39, 0.29) is 12.1 Å². The maximum Gasteiger partial charge on any atom is 0.196 e. The Labute approximate surface area is 158 Å². The van der Waals surface area contributed by atoms with Crippen LogP contribution in [0.1, 0.15) is 57.5 Å². The fraction of sp³-hybridized carbons (Fsp3) is 0.571. The summed E-state index contributed by atoms with van der Waals surface area (Å²) in [4.78, 5) is 7.40. The van der Waals surface area contributed by atoms with E-state index in [2.05, 4.69) is 30.2 Å². The van der Waals surface area contributed by atoms with Gasteiger partial charge in [0.05, 0.1) is 0 Å². The molecular formula is C21H26N2OS. The molecule has 1 saturated heterocycles. The van der Waals surface area contributed by atoms with Gasteiger partial charge in [-0.15, -0.1) is 11.3 Å². The molecule has 0 saturated carbocycles. The molecule has 132 valence electrons. The molecule has 1 aromatic heterocycles. The summed E-state index contributed by atoms with van der Waals surface area (Å²) in [5.41, 5.74) is 5.89. The average molecular weight is 358 g/mol. The molecule has 3 atom stereocenters. The van der Waals surface area contributed by atoms with Gasteiger partial charge in [-0.3, -0.25) is 4.99 Å². The first-order valence-corrected chi connectivity index (χ1v) is 10.1. The molecule has 0 amide bonds. The molecule has 0 aromatic carbocycles. The molecule has 25 heavy (non-hydrogen) atoms. The summed E-state index contributed by atoms with van der Waals surface area (Å²) in [6, 6.07) is 0.296. The minimum absolute atomic E-state index is 0.209. The standard InChI is InChI=1S/C21H26N2OS/c1-11-7-8-15-14-5-4-6-16(20(14)24-21(15)23-11)18-9-17-12(2)13(3)25-19(17)10-22-18/h5,15,18,21-22H,4,6-10H2,1-3H3/t15?,18-,21?/m1/s1/i1D3. The predicted octanol–water partition coefficient (Wildman–Crippen LogP) is 4.58. The van der Waals surface area contributed by atoms with Crippen LogP contribution in [0.15, 0.2) is 28.0 Å². The van der Waals surface area contributed by atoms with Gasteiger partial charge < -0.3 is 10.1 Å². The fourth-order valence-corrected chi connectivity index (χ4v) is 5.91. The van der Waals surface area contributed by atoms with Crippen molar-refractivity contribution < 1.29 is 8.85 Å². The third kappa shape index (κ3) is 2.45. The normalized spacial score (nSPS) is 33.2. The zero-order chi connectivity index (χ0) is 19.6. The van der Waals surface area contributed by atoms with Crippen molar-refractivity contribution in [3.8, 4) is 0 Å². The smallest absolute Gasteiger partial charge is 0.196 e. The Morgan fingerprint density at radius 3 is 3.16 bits per heavy atom. The predicted molar refractivity (Wildman–Crippen MR) is 103 cm³/mol. The Morgan fingerprint density at radius 2 is 2.28 bits per heavy atom. The fourth-order valence-electron chi connectivity index (χ4n) is 4.74. The van der Waals surface area contributed by atoms with Gasteiger partial charge in [0.1, 0.15) is 5.76 Å². The summed E-state index contributed by atoms with van der Waals surface area (Å²) in [6.07, 6.45) is 6.35. The molecule has 3 nitrogen and oxygen atoms in total. The lowest BCUT2D eigenvalue weighted by Crippen LogP contribution is -2.37. The van der Waals surface area contributed by atoms with Crippen molar-refractivity contribution >= 4 is 17.0 Å². The molecule has 1 fully saturated rings. The van der Waals surface area contributed by atoms with Crippen LogP contribution >= 0.6 is 11.3 Å². The van der Waals surface area contributed by atoms with Gasteiger partial charge in [0.15, 0.2) is 6.23 Å². The highest BCUT2D eigenvalue weighted by Gasteiger charge is 2.42. The van der Waals surface area contributed by atoms with Crippen molar-refractivity contribution in [3.63, 3.8) is 0 Å². The van der Waals surface area contributed by atoms with Crippen LogP contribution in [0.4, 0.5) is 0 Å². The number of nitrogens with one attached hydrogen (secondary N) is 1. The highest BCUT2D eigenvalue weighted by molar-refractivity contribution is 7.12. The maximum absolute atomic E-state index is 7.68. The lowest BCUT2D eigenvalue weighted by molar-refractivity contribution is 0.128. The van der Waals surface area contributed by atoms with Gasteiger partial charge in [-0.05, 0) is 75.1 Å². The molecule has 0 spiro atoms. The monoisotopic (exact) mass is 357 g/mol. The molecule has 3 aliphatic heterocycles. The minimum Gasteiger partial charge on any atom is -0.468 e. The Morgan fingerprint density at radius 1 is 1.36 bits per heavy atom. The largest absolute Gasteiger partial charge is 0.468 e. The topological polar surface area (TPSA) is 33.6 Å². The quantitative estimate of drug-likeness (QED) is 0.798. The zero-order valence-corrected chi connectivity index (χ0v) is 15.6. The molecule has 1 aliphatic carbocycles. The molecule has 2 unspecified atom stereocenters. The molecule has 4 aliphatic rings. The van der Waals surface area contributed by atoms with Crippen LogP contribution in [-0.2, 0) is 17.7 Å². The lowest BCUT2D eigenvalue weighted by Gasteiger charge is -2.29.